The van der Waals surface area contributed by atoms with E-state index in [0.29, 0.717) is 17.0 Å². The highest BCUT2D eigenvalue weighted by molar-refractivity contribution is 7.09. The summed E-state index contributed by atoms with van der Waals surface area (Å²) in [5, 5.41) is 12.8. The van der Waals surface area contributed by atoms with E-state index in [1.54, 1.807) is 6.07 Å². The molecule has 0 aliphatic heterocycles. The van der Waals surface area contributed by atoms with Gasteiger partial charge in [0, 0.05) is 0 Å². The van der Waals surface area contributed by atoms with E-state index >= 15 is 0 Å². The molecular formula is C11H7N3O3S. The Morgan fingerprint density at radius 3 is 2.94 bits per heavy atom. The molecule has 0 atom stereocenters. The zero-order valence-electron chi connectivity index (χ0n) is 9.25. The van der Waals surface area contributed by atoms with Crippen LogP contribution in [-0.4, -0.2) is 25.6 Å². The van der Waals surface area contributed by atoms with Gasteiger partial charge in [-0.15, -0.1) is 5.10 Å². The largest absolute Gasteiger partial charge is 0.478 e. The van der Waals surface area contributed by atoms with Crippen LogP contribution in [0.5, 0.6) is 0 Å². The summed E-state index contributed by atoms with van der Waals surface area (Å²) in [4.78, 5) is 15.9. The van der Waals surface area contributed by atoms with Crippen molar-refractivity contribution in [1.82, 2.24) is 14.6 Å². The Morgan fingerprint density at radius 2 is 2.28 bits per heavy atom. The maximum Gasteiger partial charge on any atom is 0.335 e. The molecule has 3 aromatic rings. The van der Waals surface area contributed by atoms with Crippen molar-refractivity contribution in [3.63, 3.8) is 0 Å². The SMILES string of the molecule is Cc1nnsc1-c1nc2ccc(C(=O)O)cc2o1. The van der Waals surface area contributed by atoms with Gasteiger partial charge in [-0.1, -0.05) is 4.49 Å². The number of fused-ring (bicyclic) bond motifs is 1. The molecule has 0 aliphatic rings. The summed E-state index contributed by atoms with van der Waals surface area (Å²) < 4.78 is 9.35. The Hall–Kier alpha value is -2.28. The summed E-state index contributed by atoms with van der Waals surface area (Å²) in [7, 11) is 0. The summed E-state index contributed by atoms with van der Waals surface area (Å²) in [5.41, 5.74) is 1.97. The fourth-order valence-corrected chi connectivity index (χ4v) is 2.17. The van der Waals surface area contributed by atoms with E-state index in [1.807, 2.05) is 6.92 Å². The van der Waals surface area contributed by atoms with E-state index < -0.39 is 5.97 Å². The molecule has 2 aromatic heterocycles. The average molecular weight is 261 g/mol. The van der Waals surface area contributed by atoms with Gasteiger partial charge in [0.2, 0.25) is 5.89 Å². The molecule has 90 valence electrons. The quantitative estimate of drug-likeness (QED) is 0.761. The Bertz CT molecular complexity index is 747. The van der Waals surface area contributed by atoms with Crippen molar-refractivity contribution in [2.75, 3.05) is 0 Å². The molecule has 0 amide bonds. The molecule has 2 heterocycles. The van der Waals surface area contributed by atoms with E-state index in [0.717, 1.165) is 10.6 Å². The lowest BCUT2D eigenvalue weighted by atomic mass is 10.2. The lowest BCUT2D eigenvalue weighted by Crippen LogP contribution is -1.94. The van der Waals surface area contributed by atoms with Crippen molar-refractivity contribution in [3.05, 3.63) is 29.5 Å². The highest BCUT2D eigenvalue weighted by atomic mass is 32.1. The van der Waals surface area contributed by atoms with Crippen LogP contribution in [0.15, 0.2) is 22.6 Å². The summed E-state index contributed by atoms with van der Waals surface area (Å²) >= 11 is 1.19. The Morgan fingerprint density at radius 1 is 1.44 bits per heavy atom. The minimum absolute atomic E-state index is 0.171. The van der Waals surface area contributed by atoms with Gasteiger partial charge >= 0.3 is 5.97 Å². The summed E-state index contributed by atoms with van der Waals surface area (Å²) in [6.45, 7) is 1.82. The van der Waals surface area contributed by atoms with Crippen LogP contribution in [0, 0.1) is 6.92 Å². The smallest absolute Gasteiger partial charge is 0.335 e. The molecule has 0 radical (unpaired) electrons. The van der Waals surface area contributed by atoms with E-state index in [2.05, 4.69) is 14.6 Å². The van der Waals surface area contributed by atoms with Crippen LogP contribution in [0.1, 0.15) is 16.1 Å². The van der Waals surface area contributed by atoms with Gasteiger partial charge < -0.3 is 9.52 Å². The highest BCUT2D eigenvalue weighted by Gasteiger charge is 2.15. The Labute approximate surface area is 105 Å². The molecule has 0 spiro atoms. The molecule has 0 unspecified atom stereocenters. The van der Waals surface area contributed by atoms with Crippen LogP contribution in [0.4, 0.5) is 0 Å². The molecule has 0 saturated carbocycles. The Kier molecular flexibility index (Phi) is 2.34. The van der Waals surface area contributed by atoms with Gasteiger partial charge in [-0.3, -0.25) is 0 Å². The second kappa shape index (κ2) is 3.88. The summed E-state index contributed by atoms with van der Waals surface area (Å²) in [6.07, 6.45) is 0. The molecule has 0 bridgehead atoms. The molecule has 3 rings (SSSR count). The Balaban J connectivity index is 2.17. The second-order valence-corrected chi connectivity index (χ2v) is 4.45. The molecule has 0 aliphatic carbocycles. The van der Waals surface area contributed by atoms with Crippen LogP contribution in [0.25, 0.3) is 21.9 Å². The lowest BCUT2D eigenvalue weighted by molar-refractivity contribution is 0.0697. The standard InChI is InChI=1S/C11H7N3O3S/c1-5-9(18-14-13-5)10-12-7-3-2-6(11(15)16)4-8(7)17-10/h2-4H,1H3,(H,15,16). The molecule has 1 aromatic carbocycles. The highest BCUT2D eigenvalue weighted by Crippen LogP contribution is 2.28. The molecule has 0 fully saturated rings. The first kappa shape index (κ1) is 10.8. The number of rotatable bonds is 2. The first-order valence-electron chi connectivity index (χ1n) is 5.08. The topological polar surface area (TPSA) is 89.1 Å². The summed E-state index contributed by atoms with van der Waals surface area (Å²) in [5.74, 6) is -0.578. The van der Waals surface area contributed by atoms with Crippen molar-refractivity contribution < 1.29 is 14.3 Å². The predicted molar refractivity (Wildman–Crippen MR) is 64.6 cm³/mol. The zero-order chi connectivity index (χ0) is 12.7. The van der Waals surface area contributed by atoms with Gasteiger partial charge in [0.05, 0.1) is 11.3 Å². The normalized spacial score (nSPS) is 10.9. The minimum Gasteiger partial charge on any atom is -0.478 e. The van der Waals surface area contributed by atoms with E-state index in [-0.39, 0.29) is 5.56 Å². The van der Waals surface area contributed by atoms with Crippen LogP contribution in [0.3, 0.4) is 0 Å². The lowest BCUT2D eigenvalue weighted by Gasteiger charge is -1.91. The predicted octanol–water partition coefficient (Wildman–Crippen LogP) is 2.35. The minimum atomic E-state index is -0.995. The monoisotopic (exact) mass is 261 g/mol. The van der Waals surface area contributed by atoms with Crippen molar-refractivity contribution in [2.24, 2.45) is 0 Å². The van der Waals surface area contributed by atoms with Crippen LogP contribution in [0.2, 0.25) is 0 Å². The van der Waals surface area contributed by atoms with Crippen molar-refractivity contribution in [1.29, 1.82) is 0 Å². The third-order valence-electron chi connectivity index (χ3n) is 2.48. The van der Waals surface area contributed by atoms with Gasteiger partial charge in [-0.05, 0) is 36.7 Å². The first-order chi connectivity index (χ1) is 8.65. The van der Waals surface area contributed by atoms with Gasteiger partial charge in [0.15, 0.2) is 5.58 Å². The number of carbonyl (C=O) groups is 1. The number of oxazole rings is 1. The number of aromatic nitrogens is 3. The third kappa shape index (κ3) is 1.65. The fraction of sp³-hybridized carbons (Fsp3) is 0.0909. The third-order valence-corrected chi connectivity index (χ3v) is 3.30. The maximum atomic E-state index is 10.9. The van der Waals surface area contributed by atoms with Crippen LogP contribution < -0.4 is 0 Å². The van der Waals surface area contributed by atoms with Crippen molar-refractivity contribution in [2.45, 2.75) is 6.92 Å². The molecule has 7 heteroatoms. The zero-order valence-corrected chi connectivity index (χ0v) is 10.1. The number of carboxylic acid groups (broad SMARTS) is 1. The maximum absolute atomic E-state index is 10.9. The molecule has 18 heavy (non-hydrogen) atoms. The van der Waals surface area contributed by atoms with Crippen LogP contribution in [-0.2, 0) is 0 Å². The fourth-order valence-electron chi connectivity index (χ4n) is 1.58. The number of hydrogen-bond donors (Lipinski definition) is 1. The van der Waals surface area contributed by atoms with Crippen LogP contribution >= 0.6 is 11.5 Å². The number of aryl methyl sites for hydroxylation is 1. The average Bonchev–Trinajstić information content (AvgIpc) is 2.92. The van der Waals surface area contributed by atoms with Gasteiger partial charge in [0.25, 0.3) is 0 Å². The number of nitrogens with zero attached hydrogens (tertiary/aromatic N) is 3. The van der Waals surface area contributed by atoms with Crippen molar-refractivity contribution >= 4 is 28.6 Å². The molecule has 1 N–H and O–H groups in total. The number of carboxylic acids is 1. The molecule has 6 nitrogen and oxygen atoms in total. The van der Waals surface area contributed by atoms with Crippen molar-refractivity contribution in [3.8, 4) is 10.8 Å². The molecular weight excluding hydrogens is 254 g/mol. The first-order valence-corrected chi connectivity index (χ1v) is 5.85. The number of aromatic carboxylic acids is 1. The van der Waals surface area contributed by atoms with Gasteiger partial charge in [0.1, 0.15) is 10.4 Å². The second-order valence-electron chi connectivity index (χ2n) is 3.69. The van der Waals surface area contributed by atoms with Gasteiger partial charge in [-0.2, -0.15) is 0 Å². The number of benzene rings is 1. The van der Waals surface area contributed by atoms with Gasteiger partial charge in [-0.25, -0.2) is 9.78 Å². The van der Waals surface area contributed by atoms with E-state index in [1.165, 1.54) is 23.7 Å². The summed E-state index contributed by atoms with van der Waals surface area (Å²) in [6, 6.07) is 4.57. The van der Waals surface area contributed by atoms with E-state index in [4.69, 9.17) is 9.52 Å². The van der Waals surface area contributed by atoms with E-state index in [9.17, 15) is 4.79 Å². The number of hydrogen-bond acceptors (Lipinski definition) is 6. The molecule has 0 saturated heterocycles.